The second-order valence-corrected chi connectivity index (χ2v) is 5.59. The highest BCUT2D eigenvalue weighted by atomic mass is 16.6. The molecule has 5 nitrogen and oxygen atoms in total. The molecular formula is C18H20N2O3. The molecule has 0 fully saturated rings. The lowest BCUT2D eigenvalue weighted by Gasteiger charge is -2.18. The first-order chi connectivity index (χ1) is 10.9. The highest BCUT2D eigenvalue weighted by molar-refractivity contribution is 5.94. The molecule has 5 heteroatoms. The Labute approximate surface area is 135 Å². The number of hydrogen-bond donors (Lipinski definition) is 0. The van der Waals surface area contributed by atoms with Gasteiger partial charge in [0, 0.05) is 30.8 Å². The van der Waals surface area contributed by atoms with Crippen LogP contribution in [0.25, 0.3) is 0 Å². The van der Waals surface area contributed by atoms with E-state index in [1.54, 1.807) is 24.9 Å². The third-order valence-corrected chi connectivity index (χ3v) is 3.84. The average Bonchev–Trinajstić information content (AvgIpc) is 2.54. The van der Waals surface area contributed by atoms with Crippen LogP contribution in [0.5, 0.6) is 0 Å². The van der Waals surface area contributed by atoms with Crippen LogP contribution in [0.3, 0.4) is 0 Å². The fraction of sp³-hybridized carbons (Fsp3) is 0.278. The molecule has 2 aromatic rings. The van der Waals surface area contributed by atoms with Crippen LogP contribution in [0.1, 0.15) is 34.0 Å². The van der Waals surface area contributed by atoms with Crippen molar-refractivity contribution >= 4 is 11.6 Å². The van der Waals surface area contributed by atoms with E-state index in [1.807, 2.05) is 12.1 Å². The Bertz CT molecular complexity index is 724. The number of carbonyl (C=O) groups excluding carboxylic acids is 1. The van der Waals surface area contributed by atoms with Crippen molar-refractivity contribution in [2.24, 2.45) is 0 Å². The molecule has 0 N–H and O–H groups in total. The first kappa shape index (κ1) is 16.7. The predicted octanol–water partition coefficient (Wildman–Crippen LogP) is 3.74. The van der Waals surface area contributed by atoms with E-state index in [2.05, 4.69) is 19.1 Å². The summed E-state index contributed by atoms with van der Waals surface area (Å²) in [6.07, 6.45) is 0.983. The number of carbonyl (C=O) groups is 1. The van der Waals surface area contributed by atoms with Gasteiger partial charge in [-0.05, 0) is 36.6 Å². The zero-order valence-electron chi connectivity index (χ0n) is 13.6. The SMILES string of the molecule is CCc1ccc(CN(C)C(=O)c2ccc([N+](=O)[O-])c(C)c2)cc1. The lowest BCUT2D eigenvalue weighted by molar-refractivity contribution is -0.385. The quantitative estimate of drug-likeness (QED) is 0.624. The summed E-state index contributed by atoms with van der Waals surface area (Å²) in [6, 6.07) is 12.6. The molecule has 0 aliphatic carbocycles. The number of nitro benzene ring substituents is 1. The Morgan fingerprint density at radius 1 is 1.13 bits per heavy atom. The van der Waals surface area contributed by atoms with Crippen LogP contribution in [0, 0.1) is 17.0 Å². The van der Waals surface area contributed by atoms with Gasteiger partial charge < -0.3 is 4.90 Å². The monoisotopic (exact) mass is 312 g/mol. The number of benzene rings is 2. The summed E-state index contributed by atoms with van der Waals surface area (Å²) in [7, 11) is 1.73. The van der Waals surface area contributed by atoms with Gasteiger partial charge in [-0.1, -0.05) is 31.2 Å². The van der Waals surface area contributed by atoms with Gasteiger partial charge in [0.05, 0.1) is 4.92 Å². The Morgan fingerprint density at radius 2 is 1.74 bits per heavy atom. The molecule has 0 radical (unpaired) electrons. The Kier molecular flexibility index (Phi) is 5.11. The van der Waals surface area contributed by atoms with E-state index in [0.717, 1.165) is 12.0 Å². The number of hydrogen-bond acceptors (Lipinski definition) is 3. The summed E-state index contributed by atoms with van der Waals surface area (Å²) in [5, 5.41) is 10.8. The van der Waals surface area contributed by atoms with E-state index in [9.17, 15) is 14.9 Å². The van der Waals surface area contributed by atoms with Crippen molar-refractivity contribution in [3.63, 3.8) is 0 Å². The second kappa shape index (κ2) is 7.05. The van der Waals surface area contributed by atoms with Crippen molar-refractivity contribution in [3.05, 3.63) is 74.8 Å². The number of aryl methyl sites for hydroxylation is 2. The van der Waals surface area contributed by atoms with Gasteiger partial charge in [0.25, 0.3) is 11.6 Å². The molecule has 0 aliphatic rings. The van der Waals surface area contributed by atoms with Gasteiger partial charge >= 0.3 is 0 Å². The number of rotatable bonds is 5. The third kappa shape index (κ3) is 3.94. The number of nitrogens with zero attached hydrogens (tertiary/aromatic N) is 2. The molecule has 0 atom stereocenters. The molecule has 0 unspecified atom stereocenters. The average molecular weight is 312 g/mol. The lowest BCUT2D eigenvalue weighted by Crippen LogP contribution is -2.26. The number of amides is 1. The number of nitro groups is 1. The van der Waals surface area contributed by atoms with E-state index in [1.165, 1.54) is 17.7 Å². The normalized spacial score (nSPS) is 10.4. The van der Waals surface area contributed by atoms with Crippen molar-refractivity contribution in [2.45, 2.75) is 26.8 Å². The first-order valence-electron chi connectivity index (χ1n) is 7.50. The topological polar surface area (TPSA) is 63.5 Å². The molecular weight excluding hydrogens is 292 g/mol. The molecule has 120 valence electrons. The maximum atomic E-state index is 12.5. The molecule has 0 heterocycles. The van der Waals surface area contributed by atoms with Crippen molar-refractivity contribution < 1.29 is 9.72 Å². The minimum atomic E-state index is -0.442. The van der Waals surface area contributed by atoms with Crippen molar-refractivity contribution in [1.82, 2.24) is 4.90 Å². The maximum absolute atomic E-state index is 12.5. The Balaban J connectivity index is 2.12. The van der Waals surface area contributed by atoms with Gasteiger partial charge in [-0.25, -0.2) is 0 Å². The van der Waals surface area contributed by atoms with Gasteiger partial charge in [-0.2, -0.15) is 0 Å². The van der Waals surface area contributed by atoms with Crippen molar-refractivity contribution in [1.29, 1.82) is 0 Å². The highest BCUT2D eigenvalue weighted by Gasteiger charge is 2.16. The molecule has 0 spiro atoms. The first-order valence-corrected chi connectivity index (χ1v) is 7.50. The molecule has 23 heavy (non-hydrogen) atoms. The fourth-order valence-electron chi connectivity index (χ4n) is 2.44. The van der Waals surface area contributed by atoms with E-state index in [4.69, 9.17) is 0 Å². The minimum Gasteiger partial charge on any atom is -0.337 e. The smallest absolute Gasteiger partial charge is 0.272 e. The Morgan fingerprint density at radius 3 is 2.26 bits per heavy atom. The summed E-state index contributed by atoms with van der Waals surface area (Å²) in [4.78, 5) is 24.5. The summed E-state index contributed by atoms with van der Waals surface area (Å²) in [5.74, 6) is -0.150. The predicted molar refractivity (Wildman–Crippen MR) is 89.5 cm³/mol. The summed E-state index contributed by atoms with van der Waals surface area (Å²) in [6.45, 7) is 4.23. The van der Waals surface area contributed by atoms with Gasteiger partial charge in [-0.15, -0.1) is 0 Å². The molecule has 2 aromatic carbocycles. The lowest BCUT2D eigenvalue weighted by atomic mass is 10.1. The fourth-order valence-corrected chi connectivity index (χ4v) is 2.44. The third-order valence-electron chi connectivity index (χ3n) is 3.84. The van der Waals surface area contributed by atoms with Crippen LogP contribution < -0.4 is 0 Å². The van der Waals surface area contributed by atoms with E-state index >= 15 is 0 Å². The van der Waals surface area contributed by atoms with Gasteiger partial charge in [0.2, 0.25) is 0 Å². The Hall–Kier alpha value is -2.69. The van der Waals surface area contributed by atoms with E-state index in [0.29, 0.717) is 17.7 Å². The van der Waals surface area contributed by atoms with Crippen LogP contribution in [-0.4, -0.2) is 22.8 Å². The van der Waals surface area contributed by atoms with Crippen LogP contribution in [0.4, 0.5) is 5.69 Å². The molecule has 0 bridgehead atoms. The van der Waals surface area contributed by atoms with Crippen LogP contribution in [-0.2, 0) is 13.0 Å². The molecule has 2 rings (SSSR count). The zero-order valence-corrected chi connectivity index (χ0v) is 13.6. The molecule has 0 saturated carbocycles. The summed E-state index contributed by atoms with van der Waals surface area (Å²) in [5.41, 5.74) is 3.28. The maximum Gasteiger partial charge on any atom is 0.272 e. The van der Waals surface area contributed by atoms with Gasteiger partial charge in [0.1, 0.15) is 0 Å². The molecule has 1 amide bonds. The molecule has 0 saturated heterocycles. The van der Waals surface area contributed by atoms with Gasteiger partial charge in [0.15, 0.2) is 0 Å². The summed E-state index contributed by atoms with van der Waals surface area (Å²) >= 11 is 0. The van der Waals surface area contributed by atoms with Crippen LogP contribution in [0.2, 0.25) is 0 Å². The zero-order chi connectivity index (χ0) is 17.0. The van der Waals surface area contributed by atoms with Gasteiger partial charge in [-0.3, -0.25) is 14.9 Å². The van der Waals surface area contributed by atoms with Crippen LogP contribution >= 0.6 is 0 Å². The highest BCUT2D eigenvalue weighted by Crippen LogP contribution is 2.20. The minimum absolute atomic E-state index is 0.0272. The molecule has 0 aliphatic heterocycles. The molecule has 0 aromatic heterocycles. The summed E-state index contributed by atoms with van der Waals surface area (Å²) < 4.78 is 0. The van der Waals surface area contributed by atoms with Crippen LogP contribution in [0.15, 0.2) is 42.5 Å². The van der Waals surface area contributed by atoms with Crippen molar-refractivity contribution in [2.75, 3.05) is 7.05 Å². The van der Waals surface area contributed by atoms with E-state index < -0.39 is 4.92 Å². The van der Waals surface area contributed by atoms with E-state index in [-0.39, 0.29) is 11.6 Å². The second-order valence-electron chi connectivity index (χ2n) is 5.59. The van der Waals surface area contributed by atoms with Crippen molar-refractivity contribution in [3.8, 4) is 0 Å². The standard InChI is InChI=1S/C18H20N2O3/c1-4-14-5-7-15(8-6-14)12-19(3)18(21)16-9-10-17(20(22)23)13(2)11-16/h5-11H,4,12H2,1-3H3. The largest absolute Gasteiger partial charge is 0.337 e.